The van der Waals surface area contributed by atoms with E-state index in [0.29, 0.717) is 18.8 Å². The van der Waals surface area contributed by atoms with Crippen LogP contribution < -0.4 is 10.6 Å². The Bertz CT molecular complexity index is 411. The van der Waals surface area contributed by atoms with E-state index in [4.69, 9.17) is 10.5 Å². The summed E-state index contributed by atoms with van der Waals surface area (Å²) < 4.78 is 18.1. The summed E-state index contributed by atoms with van der Waals surface area (Å²) >= 11 is 0. The molecular formula is C12H15FN2O2. The Hall–Kier alpha value is -1.62. The molecule has 92 valence electrons. The number of carbonyl (C=O) groups is 1. The minimum absolute atomic E-state index is 0.0483. The van der Waals surface area contributed by atoms with E-state index in [-0.39, 0.29) is 11.9 Å². The third-order valence-electron chi connectivity index (χ3n) is 2.79. The summed E-state index contributed by atoms with van der Waals surface area (Å²) in [7, 11) is 0. The van der Waals surface area contributed by atoms with Gasteiger partial charge in [0.25, 0.3) is 0 Å². The molecule has 0 radical (unpaired) electrons. The predicted molar refractivity (Wildman–Crippen MR) is 62.3 cm³/mol. The summed E-state index contributed by atoms with van der Waals surface area (Å²) in [5.41, 5.74) is 5.98. The van der Waals surface area contributed by atoms with Gasteiger partial charge in [-0.15, -0.1) is 0 Å². The van der Waals surface area contributed by atoms with Crippen LogP contribution in [0, 0.1) is 5.82 Å². The molecule has 1 heterocycles. The van der Waals surface area contributed by atoms with Gasteiger partial charge in [-0.05, 0) is 37.6 Å². The molecule has 1 amide bonds. The van der Waals surface area contributed by atoms with Crippen molar-refractivity contribution in [2.24, 2.45) is 5.73 Å². The van der Waals surface area contributed by atoms with E-state index in [1.165, 1.54) is 17.0 Å². The number of nitrogens with zero attached hydrogens (tertiary/aromatic N) is 1. The molecule has 1 fully saturated rings. The van der Waals surface area contributed by atoms with E-state index in [1.807, 2.05) is 0 Å². The van der Waals surface area contributed by atoms with Gasteiger partial charge in [0.15, 0.2) is 0 Å². The van der Waals surface area contributed by atoms with Crippen molar-refractivity contribution >= 4 is 11.8 Å². The summed E-state index contributed by atoms with van der Waals surface area (Å²) in [5.74, 6) is -0.361. The SMILES string of the molecule is NCCCC1COC(=O)N1c1cccc(F)c1. The zero-order chi connectivity index (χ0) is 12.3. The van der Waals surface area contributed by atoms with Crippen molar-refractivity contribution in [1.29, 1.82) is 0 Å². The molecule has 0 bridgehead atoms. The third kappa shape index (κ3) is 2.55. The summed E-state index contributed by atoms with van der Waals surface area (Å²) in [6.07, 6.45) is 1.16. The molecule has 2 N–H and O–H groups in total. The summed E-state index contributed by atoms with van der Waals surface area (Å²) in [6, 6.07) is 5.91. The lowest BCUT2D eigenvalue weighted by atomic mass is 10.1. The van der Waals surface area contributed by atoms with Gasteiger partial charge in [-0.1, -0.05) is 6.07 Å². The number of anilines is 1. The molecule has 1 unspecified atom stereocenters. The molecule has 1 aliphatic rings. The molecule has 0 aliphatic carbocycles. The average Bonchev–Trinajstić information content (AvgIpc) is 2.68. The van der Waals surface area contributed by atoms with Crippen LogP contribution in [-0.2, 0) is 4.74 Å². The van der Waals surface area contributed by atoms with Crippen LogP contribution in [0.4, 0.5) is 14.9 Å². The van der Waals surface area contributed by atoms with Gasteiger partial charge in [0.1, 0.15) is 12.4 Å². The lowest BCUT2D eigenvalue weighted by Gasteiger charge is -2.21. The molecule has 0 aromatic heterocycles. The first kappa shape index (κ1) is 11.9. The maximum Gasteiger partial charge on any atom is 0.414 e. The molecule has 17 heavy (non-hydrogen) atoms. The van der Waals surface area contributed by atoms with Gasteiger partial charge in [-0.3, -0.25) is 4.90 Å². The summed E-state index contributed by atoms with van der Waals surface area (Å²) in [4.78, 5) is 13.1. The molecule has 0 saturated carbocycles. The molecule has 1 aromatic carbocycles. The van der Waals surface area contributed by atoms with Crippen LogP contribution in [-0.4, -0.2) is 25.3 Å². The smallest absolute Gasteiger partial charge is 0.414 e. The van der Waals surface area contributed by atoms with Crippen molar-refractivity contribution < 1.29 is 13.9 Å². The molecule has 1 aliphatic heterocycles. The average molecular weight is 238 g/mol. The normalized spacial score (nSPS) is 19.5. The topological polar surface area (TPSA) is 55.6 Å². The number of hydrogen-bond acceptors (Lipinski definition) is 3. The summed E-state index contributed by atoms with van der Waals surface area (Å²) in [5, 5.41) is 0. The van der Waals surface area contributed by atoms with Crippen molar-refractivity contribution in [2.45, 2.75) is 18.9 Å². The standard InChI is InChI=1S/C12H15FN2O2/c13-9-3-1-4-10(7-9)15-11(5-2-6-14)8-17-12(15)16/h1,3-4,7,11H,2,5-6,8,14H2. The number of amides is 1. The van der Waals surface area contributed by atoms with Gasteiger partial charge < -0.3 is 10.5 Å². The maximum absolute atomic E-state index is 13.1. The van der Waals surface area contributed by atoms with Crippen LogP contribution in [0.3, 0.4) is 0 Å². The van der Waals surface area contributed by atoms with Gasteiger partial charge in [0.05, 0.1) is 11.7 Å². The number of ether oxygens (including phenoxy) is 1. The van der Waals surface area contributed by atoms with E-state index in [2.05, 4.69) is 0 Å². The van der Waals surface area contributed by atoms with Gasteiger partial charge in [-0.2, -0.15) is 0 Å². The molecule has 5 heteroatoms. The molecule has 2 rings (SSSR count). The highest BCUT2D eigenvalue weighted by Gasteiger charge is 2.33. The van der Waals surface area contributed by atoms with E-state index < -0.39 is 6.09 Å². The van der Waals surface area contributed by atoms with Crippen molar-refractivity contribution in [2.75, 3.05) is 18.1 Å². The first-order chi connectivity index (χ1) is 8.22. The lowest BCUT2D eigenvalue weighted by Crippen LogP contribution is -2.33. The monoisotopic (exact) mass is 238 g/mol. The Labute approximate surface area is 99.2 Å². The quantitative estimate of drug-likeness (QED) is 0.871. The van der Waals surface area contributed by atoms with Gasteiger partial charge in [0.2, 0.25) is 0 Å². The van der Waals surface area contributed by atoms with Gasteiger partial charge in [0, 0.05) is 0 Å². The van der Waals surface area contributed by atoms with Crippen molar-refractivity contribution in [1.82, 2.24) is 0 Å². The van der Waals surface area contributed by atoms with Crippen LogP contribution in [0.1, 0.15) is 12.8 Å². The number of nitrogens with two attached hydrogens (primary N) is 1. The third-order valence-corrected chi connectivity index (χ3v) is 2.79. The number of hydrogen-bond donors (Lipinski definition) is 1. The highest BCUT2D eigenvalue weighted by Crippen LogP contribution is 2.25. The minimum atomic E-state index is -0.419. The van der Waals surface area contributed by atoms with Crippen molar-refractivity contribution in [3.8, 4) is 0 Å². The number of rotatable bonds is 4. The number of carbonyl (C=O) groups excluding carboxylic acids is 1. The number of benzene rings is 1. The van der Waals surface area contributed by atoms with E-state index in [1.54, 1.807) is 12.1 Å². The number of halogens is 1. The molecule has 0 spiro atoms. The van der Waals surface area contributed by atoms with Crippen LogP contribution in [0.25, 0.3) is 0 Å². The van der Waals surface area contributed by atoms with Crippen LogP contribution in [0.15, 0.2) is 24.3 Å². The van der Waals surface area contributed by atoms with Gasteiger partial charge >= 0.3 is 6.09 Å². The zero-order valence-corrected chi connectivity index (χ0v) is 9.43. The van der Waals surface area contributed by atoms with E-state index >= 15 is 0 Å². The van der Waals surface area contributed by atoms with E-state index in [0.717, 1.165) is 12.8 Å². The fraction of sp³-hybridized carbons (Fsp3) is 0.417. The first-order valence-electron chi connectivity index (χ1n) is 5.64. The zero-order valence-electron chi connectivity index (χ0n) is 9.43. The molecule has 1 saturated heterocycles. The fourth-order valence-corrected chi connectivity index (χ4v) is 1.97. The lowest BCUT2D eigenvalue weighted by molar-refractivity contribution is 0.178. The first-order valence-corrected chi connectivity index (χ1v) is 5.64. The summed E-state index contributed by atoms with van der Waals surface area (Å²) in [6.45, 7) is 0.914. The second-order valence-corrected chi connectivity index (χ2v) is 4.01. The Morgan fingerprint density at radius 1 is 1.53 bits per heavy atom. The Kier molecular flexibility index (Phi) is 3.58. The Morgan fingerprint density at radius 2 is 2.35 bits per heavy atom. The van der Waals surface area contributed by atoms with E-state index in [9.17, 15) is 9.18 Å². The van der Waals surface area contributed by atoms with Crippen molar-refractivity contribution in [3.05, 3.63) is 30.1 Å². The molecule has 4 nitrogen and oxygen atoms in total. The second-order valence-electron chi connectivity index (χ2n) is 4.01. The van der Waals surface area contributed by atoms with Crippen LogP contribution in [0.2, 0.25) is 0 Å². The fourth-order valence-electron chi connectivity index (χ4n) is 1.97. The second kappa shape index (κ2) is 5.14. The predicted octanol–water partition coefficient (Wildman–Crippen LogP) is 1.89. The molecular weight excluding hydrogens is 223 g/mol. The van der Waals surface area contributed by atoms with Crippen molar-refractivity contribution in [3.63, 3.8) is 0 Å². The molecule has 1 atom stereocenters. The minimum Gasteiger partial charge on any atom is -0.447 e. The Balaban J connectivity index is 2.18. The maximum atomic E-state index is 13.1. The largest absolute Gasteiger partial charge is 0.447 e. The Morgan fingerprint density at radius 3 is 3.06 bits per heavy atom. The number of cyclic esters (lactones) is 1. The van der Waals surface area contributed by atoms with Gasteiger partial charge in [-0.25, -0.2) is 9.18 Å². The highest BCUT2D eigenvalue weighted by atomic mass is 19.1. The van der Waals surface area contributed by atoms with Crippen LogP contribution in [0.5, 0.6) is 0 Å². The highest BCUT2D eigenvalue weighted by molar-refractivity contribution is 5.90. The van der Waals surface area contributed by atoms with Crippen LogP contribution >= 0.6 is 0 Å². The molecule has 1 aromatic rings.